The first kappa shape index (κ1) is 13.6. The van der Waals surface area contributed by atoms with E-state index in [0.717, 1.165) is 22.3 Å². The molecule has 0 fully saturated rings. The van der Waals surface area contributed by atoms with Gasteiger partial charge in [0.1, 0.15) is 0 Å². The van der Waals surface area contributed by atoms with Gasteiger partial charge < -0.3 is 10.0 Å². The van der Waals surface area contributed by atoms with Gasteiger partial charge in [-0.25, -0.2) is 0 Å². The second kappa shape index (κ2) is 5.91. The minimum atomic E-state index is -1.51. The number of aromatic nitrogens is 1. The highest BCUT2D eigenvalue weighted by molar-refractivity contribution is 6.60. The van der Waals surface area contributed by atoms with E-state index < -0.39 is 7.12 Å². The highest BCUT2D eigenvalue weighted by Crippen LogP contribution is 2.23. The van der Waals surface area contributed by atoms with Gasteiger partial charge in [-0.1, -0.05) is 48.5 Å². The van der Waals surface area contributed by atoms with Crippen molar-refractivity contribution in [2.45, 2.75) is 0 Å². The van der Waals surface area contributed by atoms with Gasteiger partial charge >= 0.3 is 7.12 Å². The molecule has 1 aromatic heterocycles. The van der Waals surface area contributed by atoms with E-state index in [9.17, 15) is 10.0 Å². The Balaban J connectivity index is 2.12. The van der Waals surface area contributed by atoms with Crippen molar-refractivity contribution in [1.82, 2.24) is 4.98 Å². The van der Waals surface area contributed by atoms with Crippen molar-refractivity contribution in [1.29, 1.82) is 0 Å². The van der Waals surface area contributed by atoms with Crippen LogP contribution < -0.4 is 5.46 Å². The normalized spacial score (nSPS) is 10.4. The average Bonchev–Trinajstić information content (AvgIpc) is 2.56. The van der Waals surface area contributed by atoms with Gasteiger partial charge in [-0.05, 0) is 39.8 Å². The fraction of sp³-hybridized carbons (Fsp3) is 0. The monoisotopic (exact) mass is 275 g/mol. The summed E-state index contributed by atoms with van der Waals surface area (Å²) in [5.41, 5.74) is 4.20. The summed E-state index contributed by atoms with van der Waals surface area (Å²) >= 11 is 0. The van der Waals surface area contributed by atoms with Crippen molar-refractivity contribution in [2.75, 3.05) is 0 Å². The number of nitrogens with zero attached hydrogens (tertiary/aromatic N) is 1. The van der Waals surface area contributed by atoms with Gasteiger partial charge in [-0.2, -0.15) is 0 Å². The first-order chi connectivity index (χ1) is 10.3. The van der Waals surface area contributed by atoms with Crippen LogP contribution in [0.2, 0.25) is 0 Å². The molecule has 0 atom stereocenters. The van der Waals surface area contributed by atoms with Crippen LogP contribution in [0.3, 0.4) is 0 Å². The molecule has 0 amide bonds. The molecule has 0 saturated heterocycles. The molecule has 0 unspecified atom stereocenters. The van der Waals surface area contributed by atoms with Gasteiger partial charge in [0.25, 0.3) is 0 Å². The van der Waals surface area contributed by atoms with Gasteiger partial charge in [0.05, 0.1) is 0 Å². The number of benzene rings is 2. The van der Waals surface area contributed by atoms with Crippen LogP contribution in [-0.2, 0) is 0 Å². The molecule has 2 N–H and O–H groups in total. The van der Waals surface area contributed by atoms with Crippen LogP contribution in [0.5, 0.6) is 0 Å². The zero-order chi connectivity index (χ0) is 14.7. The molecule has 2 aromatic carbocycles. The number of rotatable bonds is 3. The summed E-state index contributed by atoms with van der Waals surface area (Å²) in [6, 6.07) is 19.2. The molecule has 0 aliphatic heterocycles. The topological polar surface area (TPSA) is 53.4 Å². The lowest BCUT2D eigenvalue weighted by molar-refractivity contribution is 0.426. The van der Waals surface area contributed by atoms with Crippen molar-refractivity contribution in [3.8, 4) is 22.3 Å². The third-order valence-corrected chi connectivity index (χ3v) is 3.43. The SMILES string of the molecule is OB(O)c1cc(-c2ccncc2)ccc1-c1ccccc1. The predicted octanol–water partition coefficient (Wildman–Crippen LogP) is 2.10. The summed E-state index contributed by atoms with van der Waals surface area (Å²) in [7, 11) is -1.51. The molecule has 3 aromatic rings. The zero-order valence-corrected chi connectivity index (χ0v) is 11.3. The summed E-state index contributed by atoms with van der Waals surface area (Å²) in [6.07, 6.45) is 3.44. The highest BCUT2D eigenvalue weighted by atomic mass is 16.4. The molecule has 102 valence electrons. The van der Waals surface area contributed by atoms with Crippen LogP contribution in [0.15, 0.2) is 73.1 Å². The van der Waals surface area contributed by atoms with Crippen molar-refractivity contribution in [3.05, 3.63) is 73.1 Å². The third kappa shape index (κ3) is 2.87. The van der Waals surface area contributed by atoms with Crippen LogP contribution in [-0.4, -0.2) is 22.2 Å². The Bertz CT molecular complexity index is 730. The van der Waals surface area contributed by atoms with Crippen molar-refractivity contribution >= 4 is 12.6 Å². The molecular weight excluding hydrogens is 261 g/mol. The predicted molar refractivity (Wildman–Crippen MR) is 84.9 cm³/mol. The van der Waals surface area contributed by atoms with Crippen LogP contribution >= 0.6 is 0 Å². The summed E-state index contributed by atoms with van der Waals surface area (Å²) in [5, 5.41) is 19.4. The summed E-state index contributed by atoms with van der Waals surface area (Å²) in [6.45, 7) is 0. The Morgan fingerprint density at radius 3 is 2.10 bits per heavy atom. The van der Waals surface area contributed by atoms with Crippen LogP contribution in [0.25, 0.3) is 22.3 Å². The van der Waals surface area contributed by atoms with E-state index in [1.54, 1.807) is 12.4 Å². The van der Waals surface area contributed by atoms with E-state index >= 15 is 0 Å². The van der Waals surface area contributed by atoms with Gasteiger partial charge in [-0.15, -0.1) is 0 Å². The number of hydrogen-bond acceptors (Lipinski definition) is 3. The fourth-order valence-electron chi connectivity index (χ4n) is 2.38. The summed E-state index contributed by atoms with van der Waals surface area (Å²) < 4.78 is 0. The van der Waals surface area contributed by atoms with Crippen molar-refractivity contribution in [2.24, 2.45) is 0 Å². The van der Waals surface area contributed by atoms with Gasteiger partial charge in [-0.3, -0.25) is 4.98 Å². The Morgan fingerprint density at radius 1 is 0.714 bits per heavy atom. The summed E-state index contributed by atoms with van der Waals surface area (Å²) in [4.78, 5) is 3.99. The maximum absolute atomic E-state index is 9.68. The molecule has 0 bridgehead atoms. The van der Waals surface area contributed by atoms with Crippen molar-refractivity contribution < 1.29 is 10.0 Å². The highest BCUT2D eigenvalue weighted by Gasteiger charge is 2.17. The molecule has 4 heteroatoms. The van der Waals surface area contributed by atoms with Gasteiger partial charge in [0.2, 0.25) is 0 Å². The fourth-order valence-corrected chi connectivity index (χ4v) is 2.38. The first-order valence-corrected chi connectivity index (χ1v) is 6.71. The zero-order valence-electron chi connectivity index (χ0n) is 11.3. The average molecular weight is 275 g/mol. The van der Waals surface area contributed by atoms with Gasteiger partial charge in [0.15, 0.2) is 0 Å². The summed E-state index contributed by atoms with van der Waals surface area (Å²) in [5.74, 6) is 0. The van der Waals surface area contributed by atoms with Gasteiger partial charge in [0, 0.05) is 12.4 Å². The number of hydrogen-bond donors (Lipinski definition) is 2. The molecule has 3 nitrogen and oxygen atoms in total. The van der Waals surface area contributed by atoms with Crippen LogP contribution in [0.1, 0.15) is 0 Å². The smallest absolute Gasteiger partial charge is 0.423 e. The lowest BCUT2D eigenvalue weighted by Crippen LogP contribution is -2.31. The second-order valence-electron chi connectivity index (χ2n) is 4.78. The molecular formula is C17H14BNO2. The molecule has 0 aliphatic rings. The molecule has 0 saturated carbocycles. The van der Waals surface area contributed by atoms with E-state index in [1.165, 1.54) is 0 Å². The largest absolute Gasteiger partial charge is 0.489 e. The van der Waals surface area contributed by atoms with E-state index in [4.69, 9.17) is 0 Å². The lowest BCUT2D eigenvalue weighted by Gasteiger charge is -2.12. The first-order valence-electron chi connectivity index (χ1n) is 6.71. The maximum atomic E-state index is 9.68. The minimum absolute atomic E-state index is 0.496. The van der Waals surface area contributed by atoms with Crippen molar-refractivity contribution in [3.63, 3.8) is 0 Å². The molecule has 0 spiro atoms. The Labute approximate surface area is 123 Å². The van der Waals surface area contributed by atoms with E-state index in [0.29, 0.717) is 5.46 Å². The Morgan fingerprint density at radius 2 is 1.43 bits per heavy atom. The molecule has 0 aliphatic carbocycles. The standard InChI is InChI=1S/C17H14BNO2/c20-18(21)17-12-15(13-8-10-19-11-9-13)6-7-16(17)14-4-2-1-3-5-14/h1-12,20-21H. The minimum Gasteiger partial charge on any atom is -0.423 e. The quantitative estimate of drug-likeness (QED) is 0.720. The lowest BCUT2D eigenvalue weighted by atomic mass is 9.74. The Hall–Kier alpha value is -2.43. The van der Waals surface area contributed by atoms with E-state index in [-0.39, 0.29) is 0 Å². The molecule has 1 heterocycles. The second-order valence-corrected chi connectivity index (χ2v) is 4.78. The maximum Gasteiger partial charge on any atom is 0.489 e. The van der Waals surface area contributed by atoms with E-state index in [2.05, 4.69) is 4.98 Å². The van der Waals surface area contributed by atoms with Crippen LogP contribution in [0.4, 0.5) is 0 Å². The molecule has 21 heavy (non-hydrogen) atoms. The molecule has 3 rings (SSSR count). The van der Waals surface area contributed by atoms with E-state index in [1.807, 2.05) is 60.7 Å². The molecule has 0 radical (unpaired) electrons. The number of pyridine rings is 1. The van der Waals surface area contributed by atoms with Crippen LogP contribution in [0, 0.1) is 0 Å². The Kier molecular flexibility index (Phi) is 3.82. The third-order valence-electron chi connectivity index (χ3n) is 3.43.